The van der Waals surface area contributed by atoms with E-state index in [1.807, 2.05) is 18.2 Å². The Morgan fingerprint density at radius 1 is 1.14 bits per heavy atom. The van der Waals surface area contributed by atoms with Crippen LogP contribution in [0.4, 0.5) is 0 Å². The first kappa shape index (κ1) is 15.7. The summed E-state index contributed by atoms with van der Waals surface area (Å²) in [5.74, 6) is 0.434. The second-order valence-corrected chi connectivity index (χ2v) is 6.79. The molecule has 0 aliphatic carbocycles. The largest absolute Gasteiger partial charge is 0.260 e. The normalized spacial score (nSPS) is 13.0. The van der Waals surface area contributed by atoms with Crippen molar-refractivity contribution in [2.45, 2.75) is 37.6 Å². The first-order chi connectivity index (χ1) is 10.0. The number of hydrogen-bond donors (Lipinski definition) is 1. The first-order valence-corrected chi connectivity index (χ1v) is 8.51. The average molecular weight is 304 g/mol. The Labute approximate surface area is 126 Å². The Kier molecular flexibility index (Phi) is 5.09. The van der Waals surface area contributed by atoms with E-state index in [0.717, 1.165) is 12.0 Å². The lowest BCUT2D eigenvalue weighted by Crippen LogP contribution is -2.23. The summed E-state index contributed by atoms with van der Waals surface area (Å²) in [6.07, 6.45) is 2.68. The monoisotopic (exact) mass is 304 g/mol. The molecule has 1 N–H and O–H groups in total. The quantitative estimate of drug-likeness (QED) is 0.892. The van der Waals surface area contributed by atoms with Gasteiger partial charge in [-0.1, -0.05) is 32.0 Å². The summed E-state index contributed by atoms with van der Waals surface area (Å²) in [5.41, 5.74) is 1.85. The van der Waals surface area contributed by atoms with E-state index in [2.05, 4.69) is 23.6 Å². The number of sulfonamides is 1. The Bertz CT molecular complexity index is 667. The Balaban J connectivity index is 2.09. The van der Waals surface area contributed by atoms with Crippen molar-refractivity contribution in [2.75, 3.05) is 0 Å². The van der Waals surface area contributed by atoms with Crippen LogP contribution >= 0.6 is 0 Å². The number of benzene rings is 1. The third-order valence-electron chi connectivity index (χ3n) is 3.54. The fourth-order valence-corrected chi connectivity index (χ4v) is 2.97. The smallest absolute Gasteiger partial charge is 0.240 e. The van der Waals surface area contributed by atoms with E-state index in [1.165, 1.54) is 0 Å². The lowest BCUT2D eigenvalue weighted by Gasteiger charge is -2.10. The molecular formula is C16H20N2O2S. The van der Waals surface area contributed by atoms with Gasteiger partial charge in [0.1, 0.15) is 0 Å². The average Bonchev–Trinajstić information content (AvgIpc) is 2.53. The van der Waals surface area contributed by atoms with Crippen molar-refractivity contribution < 1.29 is 8.42 Å². The van der Waals surface area contributed by atoms with Gasteiger partial charge in [-0.25, -0.2) is 13.1 Å². The lowest BCUT2D eigenvalue weighted by atomic mass is 9.99. The molecule has 1 aromatic carbocycles. The second kappa shape index (κ2) is 6.83. The molecule has 1 heterocycles. The van der Waals surface area contributed by atoms with Gasteiger partial charge in [-0.3, -0.25) is 4.98 Å². The Hall–Kier alpha value is -1.72. The van der Waals surface area contributed by atoms with Crippen molar-refractivity contribution in [3.63, 3.8) is 0 Å². The minimum atomic E-state index is -3.50. The fourth-order valence-electron chi connectivity index (χ4n) is 1.97. The summed E-state index contributed by atoms with van der Waals surface area (Å²) in [4.78, 5) is 4.38. The summed E-state index contributed by atoms with van der Waals surface area (Å²) in [7, 11) is -3.50. The van der Waals surface area contributed by atoms with E-state index in [-0.39, 0.29) is 11.4 Å². The number of aromatic nitrogens is 1. The van der Waals surface area contributed by atoms with Crippen LogP contribution in [0.25, 0.3) is 0 Å². The van der Waals surface area contributed by atoms with Crippen molar-refractivity contribution in [1.82, 2.24) is 9.71 Å². The highest BCUT2D eigenvalue weighted by Gasteiger charge is 2.14. The van der Waals surface area contributed by atoms with Gasteiger partial charge in [-0.15, -0.1) is 0 Å². The van der Waals surface area contributed by atoms with Crippen LogP contribution in [-0.4, -0.2) is 13.4 Å². The van der Waals surface area contributed by atoms with Crippen molar-refractivity contribution >= 4 is 10.0 Å². The van der Waals surface area contributed by atoms with E-state index >= 15 is 0 Å². The van der Waals surface area contributed by atoms with Gasteiger partial charge in [0.05, 0.1) is 17.1 Å². The van der Waals surface area contributed by atoms with Crippen LogP contribution in [0.3, 0.4) is 0 Å². The second-order valence-electron chi connectivity index (χ2n) is 5.02. The highest BCUT2D eigenvalue weighted by Crippen LogP contribution is 2.20. The number of nitrogens with zero attached hydrogens (tertiary/aromatic N) is 1. The fraction of sp³-hybridized carbons (Fsp3) is 0.312. The molecule has 1 unspecified atom stereocenters. The molecule has 0 saturated heterocycles. The van der Waals surface area contributed by atoms with E-state index in [9.17, 15) is 8.42 Å². The molecule has 0 aliphatic rings. The minimum Gasteiger partial charge on any atom is -0.260 e. The zero-order valence-electron chi connectivity index (χ0n) is 12.3. The number of pyridine rings is 1. The zero-order chi connectivity index (χ0) is 15.3. The van der Waals surface area contributed by atoms with Crippen LogP contribution in [-0.2, 0) is 16.6 Å². The first-order valence-electron chi connectivity index (χ1n) is 7.02. The maximum atomic E-state index is 12.2. The highest BCUT2D eigenvalue weighted by atomic mass is 32.2. The van der Waals surface area contributed by atoms with Gasteiger partial charge in [0.2, 0.25) is 10.0 Å². The molecule has 0 aliphatic heterocycles. The maximum Gasteiger partial charge on any atom is 0.240 e. The van der Waals surface area contributed by atoms with Gasteiger partial charge in [-0.2, -0.15) is 0 Å². The molecule has 5 heteroatoms. The molecule has 2 aromatic rings. The van der Waals surface area contributed by atoms with Crippen LogP contribution in [0.15, 0.2) is 53.6 Å². The molecule has 1 atom stereocenters. The summed E-state index contributed by atoms with van der Waals surface area (Å²) in [6.45, 7) is 4.43. The van der Waals surface area contributed by atoms with Crippen LogP contribution in [0.5, 0.6) is 0 Å². The Morgan fingerprint density at radius 3 is 2.43 bits per heavy atom. The van der Waals surface area contributed by atoms with Crippen molar-refractivity contribution in [2.24, 2.45) is 0 Å². The molecule has 1 aromatic heterocycles. The highest BCUT2D eigenvalue weighted by molar-refractivity contribution is 7.89. The molecule has 0 fully saturated rings. The van der Waals surface area contributed by atoms with Gasteiger partial charge in [-0.05, 0) is 42.2 Å². The number of nitrogens with one attached hydrogen (secondary N) is 1. The topological polar surface area (TPSA) is 59.1 Å². The molecule has 2 rings (SSSR count). The van der Waals surface area contributed by atoms with Crippen molar-refractivity contribution in [1.29, 1.82) is 0 Å². The standard InChI is InChI=1S/C16H20N2O2S/c1-3-13(2)14-7-9-16(10-8-14)21(19,20)18-12-15-6-4-5-11-17-15/h4-11,13,18H,3,12H2,1-2H3. The maximum absolute atomic E-state index is 12.2. The van der Waals surface area contributed by atoms with Gasteiger partial charge in [0.25, 0.3) is 0 Å². The van der Waals surface area contributed by atoms with E-state index in [1.54, 1.807) is 30.5 Å². The van der Waals surface area contributed by atoms with E-state index < -0.39 is 10.0 Å². The van der Waals surface area contributed by atoms with Crippen LogP contribution in [0.2, 0.25) is 0 Å². The van der Waals surface area contributed by atoms with Gasteiger partial charge < -0.3 is 0 Å². The third-order valence-corrected chi connectivity index (χ3v) is 4.96. The zero-order valence-corrected chi connectivity index (χ0v) is 13.1. The molecule has 112 valence electrons. The SMILES string of the molecule is CCC(C)c1ccc(S(=O)(=O)NCc2ccccn2)cc1. The van der Waals surface area contributed by atoms with E-state index in [0.29, 0.717) is 11.6 Å². The molecule has 0 radical (unpaired) electrons. The third kappa shape index (κ3) is 4.12. The minimum absolute atomic E-state index is 0.191. The molecule has 0 saturated carbocycles. The van der Waals surface area contributed by atoms with Crippen molar-refractivity contribution in [3.05, 3.63) is 59.9 Å². The van der Waals surface area contributed by atoms with E-state index in [4.69, 9.17) is 0 Å². The summed E-state index contributed by atoms with van der Waals surface area (Å²) < 4.78 is 27.0. The molecule has 0 bridgehead atoms. The van der Waals surface area contributed by atoms with Crippen LogP contribution in [0, 0.1) is 0 Å². The molecule has 4 nitrogen and oxygen atoms in total. The van der Waals surface area contributed by atoms with Gasteiger partial charge in [0.15, 0.2) is 0 Å². The molecular weight excluding hydrogens is 284 g/mol. The summed E-state index contributed by atoms with van der Waals surface area (Å²) in [6, 6.07) is 12.5. The molecule has 0 spiro atoms. The van der Waals surface area contributed by atoms with Gasteiger partial charge >= 0.3 is 0 Å². The Morgan fingerprint density at radius 2 is 1.86 bits per heavy atom. The predicted octanol–water partition coefficient (Wildman–Crippen LogP) is 3.07. The molecule has 21 heavy (non-hydrogen) atoms. The lowest BCUT2D eigenvalue weighted by molar-refractivity contribution is 0.580. The molecule has 0 amide bonds. The number of hydrogen-bond acceptors (Lipinski definition) is 3. The number of rotatable bonds is 6. The van der Waals surface area contributed by atoms with Crippen LogP contribution in [0.1, 0.15) is 37.4 Å². The van der Waals surface area contributed by atoms with Crippen LogP contribution < -0.4 is 4.72 Å². The summed E-state index contributed by atoms with van der Waals surface area (Å²) in [5, 5.41) is 0. The van der Waals surface area contributed by atoms with Gasteiger partial charge in [0, 0.05) is 6.20 Å². The van der Waals surface area contributed by atoms with Crippen molar-refractivity contribution in [3.8, 4) is 0 Å². The predicted molar refractivity (Wildman–Crippen MR) is 83.4 cm³/mol. The summed E-state index contributed by atoms with van der Waals surface area (Å²) >= 11 is 0.